The Morgan fingerprint density at radius 1 is 1.22 bits per heavy atom. The molecule has 0 radical (unpaired) electrons. The number of rotatable bonds is 7. The molecule has 0 heterocycles. The third-order valence-corrected chi connectivity index (χ3v) is 4.16. The predicted octanol–water partition coefficient (Wildman–Crippen LogP) is 0.475. The third-order valence-electron chi connectivity index (χ3n) is 2.57. The van der Waals surface area contributed by atoms with Gasteiger partial charge in [0.1, 0.15) is 0 Å². The highest BCUT2D eigenvalue weighted by Crippen LogP contribution is 2.08. The number of sulfonamides is 1. The van der Waals surface area contributed by atoms with Gasteiger partial charge in [-0.05, 0) is 24.0 Å². The molecule has 0 spiro atoms. The first kappa shape index (κ1) is 15.1. The number of nitrogens with two attached hydrogens (primary N) is 2. The first-order chi connectivity index (χ1) is 8.44. The van der Waals surface area contributed by atoms with Crippen molar-refractivity contribution in [3.05, 3.63) is 35.4 Å². The van der Waals surface area contributed by atoms with Crippen molar-refractivity contribution < 1.29 is 8.42 Å². The summed E-state index contributed by atoms with van der Waals surface area (Å²) in [5.41, 5.74) is 13.0. The molecule has 0 aromatic heterocycles. The maximum absolute atomic E-state index is 11.4. The molecule has 1 rings (SSSR count). The van der Waals surface area contributed by atoms with Crippen LogP contribution in [0.4, 0.5) is 0 Å². The highest BCUT2D eigenvalue weighted by Gasteiger charge is 2.07. The van der Waals surface area contributed by atoms with Crippen LogP contribution in [0.3, 0.4) is 0 Å². The van der Waals surface area contributed by atoms with Gasteiger partial charge in [0, 0.05) is 6.54 Å². The number of nitrogens with one attached hydrogen (secondary N) is 1. The lowest BCUT2D eigenvalue weighted by Gasteiger charge is -2.08. The first-order valence-corrected chi connectivity index (χ1v) is 7.67. The van der Waals surface area contributed by atoms with E-state index in [4.69, 9.17) is 11.5 Å². The van der Waals surface area contributed by atoms with Gasteiger partial charge in [-0.3, -0.25) is 0 Å². The van der Waals surface area contributed by atoms with Crippen LogP contribution in [-0.4, -0.2) is 20.7 Å². The Labute approximate surface area is 109 Å². The van der Waals surface area contributed by atoms with Gasteiger partial charge in [0.25, 0.3) is 0 Å². The standard InChI is InChI=1S/C12H21N3O2S/c1-2-9-18(16,17)15-8-7-10-3-5-11(6-4-10)12(13)14/h3-6,12,15H,2,7-9,13-14H2,1H3. The summed E-state index contributed by atoms with van der Waals surface area (Å²) in [5, 5.41) is 0. The van der Waals surface area contributed by atoms with Gasteiger partial charge >= 0.3 is 0 Å². The van der Waals surface area contributed by atoms with E-state index in [0.717, 1.165) is 11.1 Å². The fourth-order valence-electron chi connectivity index (χ4n) is 1.60. The second kappa shape index (κ2) is 6.84. The van der Waals surface area contributed by atoms with Crippen molar-refractivity contribution in [2.45, 2.75) is 25.9 Å². The van der Waals surface area contributed by atoms with E-state index in [9.17, 15) is 8.42 Å². The van der Waals surface area contributed by atoms with Gasteiger partial charge in [0.05, 0.1) is 11.9 Å². The molecule has 0 saturated carbocycles. The van der Waals surface area contributed by atoms with Crippen molar-refractivity contribution >= 4 is 10.0 Å². The summed E-state index contributed by atoms with van der Waals surface area (Å²) in [4.78, 5) is 0. The SMILES string of the molecule is CCCS(=O)(=O)NCCc1ccc(C(N)N)cc1. The fourth-order valence-corrected chi connectivity index (χ4v) is 2.69. The number of hydrogen-bond acceptors (Lipinski definition) is 4. The summed E-state index contributed by atoms with van der Waals surface area (Å²) in [6.45, 7) is 2.25. The van der Waals surface area contributed by atoms with Crippen molar-refractivity contribution in [3.63, 3.8) is 0 Å². The maximum atomic E-state index is 11.4. The zero-order valence-electron chi connectivity index (χ0n) is 10.6. The van der Waals surface area contributed by atoms with E-state index in [1.807, 2.05) is 31.2 Å². The smallest absolute Gasteiger partial charge is 0.211 e. The normalized spacial score (nSPS) is 12.0. The molecule has 0 saturated heterocycles. The predicted molar refractivity (Wildman–Crippen MR) is 73.3 cm³/mol. The summed E-state index contributed by atoms with van der Waals surface area (Å²) in [5.74, 6) is 0.175. The summed E-state index contributed by atoms with van der Waals surface area (Å²) in [6, 6.07) is 7.55. The Morgan fingerprint density at radius 3 is 2.33 bits per heavy atom. The molecule has 0 aliphatic rings. The molecule has 1 aromatic carbocycles. The van der Waals surface area contributed by atoms with Crippen LogP contribution in [0.5, 0.6) is 0 Å². The van der Waals surface area contributed by atoms with Crippen LogP contribution in [0.1, 0.15) is 30.6 Å². The minimum atomic E-state index is -3.11. The topological polar surface area (TPSA) is 98.2 Å². The molecule has 102 valence electrons. The molecule has 0 unspecified atom stereocenters. The Balaban J connectivity index is 2.45. The van der Waals surface area contributed by atoms with Crippen LogP contribution in [0, 0.1) is 0 Å². The molecule has 0 aliphatic carbocycles. The first-order valence-electron chi connectivity index (χ1n) is 6.02. The van der Waals surface area contributed by atoms with Gasteiger partial charge in [-0.25, -0.2) is 13.1 Å². The summed E-state index contributed by atoms with van der Waals surface area (Å²) in [6.07, 6.45) is 0.809. The Hall–Kier alpha value is -0.950. The van der Waals surface area contributed by atoms with Gasteiger partial charge < -0.3 is 11.5 Å². The summed E-state index contributed by atoms with van der Waals surface area (Å²) < 4.78 is 25.4. The van der Waals surface area contributed by atoms with Crippen LogP contribution < -0.4 is 16.2 Å². The van der Waals surface area contributed by atoms with Crippen LogP contribution in [0.25, 0.3) is 0 Å². The molecule has 1 aromatic rings. The molecule has 0 fully saturated rings. The van der Waals surface area contributed by atoms with Gasteiger partial charge in [-0.2, -0.15) is 0 Å². The van der Waals surface area contributed by atoms with Crippen molar-refractivity contribution in [1.29, 1.82) is 0 Å². The van der Waals surface area contributed by atoms with Crippen LogP contribution >= 0.6 is 0 Å². The molecule has 5 nitrogen and oxygen atoms in total. The van der Waals surface area contributed by atoms with E-state index in [1.165, 1.54) is 0 Å². The second-order valence-electron chi connectivity index (χ2n) is 4.23. The molecule has 0 amide bonds. The Bertz CT molecular complexity index is 455. The van der Waals surface area contributed by atoms with Crippen molar-refractivity contribution in [3.8, 4) is 0 Å². The Morgan fingerprint density at radius 2 is 1.83 bits per heavy atom. The molecule has 0 atom stereocenters. The van der Waals surface area contributed by atoms with E-state index in [-0.39, 0.29) is 5.75 Å². The largest absolute Gasteiger partial charge is 0.312 e. The molecular formula is C12H21N3O2S. The van der Waals surface area contributed by atoms with Crippen molar-refractivity contribution in [1.82, 2.24) is 4.72 Å². The zero-order chi connectivity index (χ0) is 13.6. The fraction of sp³-hybridized carbons (Fsp3) is 0.500. The highest BCUT2D eigenvalue weighted by atomic mass is 32.2. The minimum absolute atomic E-state index is 0.175. The van der Waals surface area contributed by atoms with Gasteiger partial charge in [-0.15, -0.1) is 0 Å². The van der Waals surface area contributed by atoms with E-state index >= 15 is 0 Å². The van der Waals surface area contributed by atoms with Crippen LogP contribution in [0.15, 0.2) is 24.3 Å². The quantitative estimate of drug-likeness (QED) is 0.628. The minimum Gasteiger partial charge on any atom is -0.312 e. The van der Waals surface area contributed by atoms with E-state index in [2.05, 4.69) is 4.72 Å². The van der Waals surface area contributed by atoms with Gasteiger partial charge in [-0.1, -0.05) is 31.2 Å². The van der Waals surface area contributed by atoms with E-state index in [0.29, 0.717) is 19.4 Å². The van der Waals surface area contributed by atoms with Crippen LogP contribution in [0.2, 0.25) is 0 Å². The third kappa shape index (κ3) is 5.14. The molecule has 6 heteroatoms. The average Bonchev–Trinajstić information content (AvgIpc) is 2.29. The number of benzene rings is 1. The van der Waals surface area contributed by atoms with Gasteiger partial charge in [0.2, 0.25) is 10.0 Å². The average molecular weight is 271 g/mol. The molecule has 0 bridgehead atoms. The maximum Gasteiger partial charge on any atom is 0.211 e. The molecule has 5 N–H and O–H groups in total. The lowest BCUT2D eigenvalue weighted by molar-refractivity contribution is 0.580. The van der Waals surface area contributed by atoms with Crippen molar-refractivity contribution in [2.24, 2.45) is 11.5 Å². The van der Waals surface area contributed by atoms with Crippen LogP contribution in [-0.2, 0) is 16.4 Å². The van der Waals surface area contributed by atoms with Gasteiger partial charge in [0.15, 0.2) is 0 Å². The van der Waals surface area contributed by atoms with E-state index in [1.54, 1.807) is 0 Å². The lowest BCUT2D eigenvalue weighted by Crippen LogP contribution is -2.28. The monoisotopic (exact) mass is 271 g/mol. The molecule has 0 aliphatic heterocycles. The summed E-state index contributed by atoms with van der Waals surface area (Å²) in [7, 11) is -3.11. The Kier molecular flexibility index (Phi) is 5.74. The molecular weight excluding hydrogens is 250 g/mol. The lowest BCUT2D eigenvalue weighted by atomic mass is 10.1. The highest BCUT2D eigenvalue weighted by molar-refractivity contribution is 7.89. The van der Waals surface area contributed by atoms with E-state index < -0.39 is 16.2 Å². The number of hydrogen-bond donors (Lipinski definition) is 3. The summed E-state index contributed by atoms with van der Waals surface area (Å²) >= 11 is 0. The zero-order valence-corrected chi connectivity index (χ0v) is 11.4. The van der Waals surface area contributed by atoms with Crippen molar-refractivity contribution in [2.75, 3.05) is 12.3 Å². The second-order valence-corrected chi connectivity index (χ2v) is 6.16. The molecule has 18 heavy (non-hydrogen) atoms.